The lowest BCUT2D eigenvalue weighted by atomic mass is 10.0. The Kier molecular flexibility index (Phi) is 5.35. The summed E-state index contributed by atoms with van der Waals surface area (Å²) >= 11 is 1.49. The molecule has 5 rings (SSSR count). The molecule has 0 atom stereocenters. The maximum atomic E-state index is 12.8. The maximum absolute atomic E-state index is 12.8. The van der Waals surface area contributed by atoms with Gasteiger partial charge in [0.2, 0.25) is 5.91 Å². The molecule has 2 N–H and O–H groups in total. The van der Waals surface area contributed by atoms with Crippen molar-refractivity contribution in [2.24, 2.45) is 4.99 Å². The van der Waals surface area contributed by atoms with Gasteiger partial charge in [-0.1, -0.05) is 54.6 Å². The summed E-state index contributed by atoms with van der Waals surface area (Å²) in [6.45, 7) is 0. The number of thiophene rings is 1. The number of hydrogen-bond donors (Lipinski definition) is 2. The second-order valence-electron chi connectivity index (χ2n) is 7.43. The number of aliphatic imine (C=N–C) groups is 1. The van der Waals surface area contributed by atoms with E-state index < -0.39 is 0 Å². The van der Waals surface area contributed by atoms with Gasteiger partial charge in [0.15, 0.2) is 0 Å². The third-order valence-electron chi connectivity index (χ3n) is 5.21. The molecule has 0 radical (unpaired) electrons. The molecular weight excluding hydrogens is 418 g/mol. The summed E-state index contributed by atoms with van der Waals surface area (Å²) in [7, 11) is 0. The van der Waals surface area contributed by atoms with Gasteiger partial charge in [0.25, 0.3) is 5.91 Å². The van der Waals surface area contributed by atoms with E-state index >= 15 is 0 Å². The lowest BCUT2D eigenvalue weighted by Crippen LogP contribution is -2.15. The summed E-state index contributed by atoms with van der Waals surface area (Å²) in [5.74, 6) is -0.295. The van der Waals surface area contributed by atoms with Crippen molar-refractivity contribution in [3.05, 3.63) is 101 Å². The van der Waals surface area contributed by atoms with Gasteiger partial charge in [-0.15, -0.1) is 11.3 Å². The van der Waals surface area contributed by atoms with Crippen molar-refractivity contribution in [1.29, 1.82) is 0 Å². The molecule has 2 amide bonds. The molecule has 0 saturated heterocycles. The van der Waals surface area contributed by atoms with Gasteiger partial charge < -0.3 is 10.6 Å². The van der Waals surface area contributed by atoms with Crippen LogP contribution >= 0.6 is 11.3 Å². The number of nitrogens with zero attached hydrogens (tertiary/aromatic N) is 1. The van der Waals surface area contributed by atoms with Crippen LogP contribution in [-0.2, 0) is 4.79 Å². The lowest BCUT2D eigenvalue weighted by Gasteiger charge is -2.09. The number of rotatable bonds is 4. The highest BCUT2D eigenvalue weighted by atomic mass is 32.1. The molecule has 0 aliphatic carbocycles. The van der Waals surface area contributed by atoms with Crippen LogP contribution in [0, 0.1) is 0 Å². The van der Waals surface area contributed by atoms with Crippen LogP contribution in [0.4, 0.5) is 17.1 Å². The van der Waals surface area contributed by atoms with Gasteiger partial charge in [-0.3, -0.25) is 9.59 Å². The van der Waals surface area contributed by atoms with Gasteiger partial charge in [-0.25, -0.2) is 4.99 Å². The summed E-state index contributed by atoms with van der Waals surface area (Å²) in [5, 5.41) is 9.60. The van der Waals surface area contributed by atoms with Crippen molar-refractivity contribution < 1.29 is 9.59 Å². The van der Waals surface area contributed by atoms with Crippen molar-refractivity contribution in [3.8, 4) is 11.1 Å². The van der Waals surface area contributed by atoms with Crippen molar-refractivity contribution in [2.45, 2.75) is 6.42 Å². The Morgan fingerprint density at radius 2 is 1.62 bits per heavy atom. The first kappa shape index (κ1) is 19.9. The monoisotopic (exact) mass is 437 g/mol. The summed E-state index contributed by atoms with van der Waals surface area (Å²) in [4.78, 5) is 29.7. The normalized spacial score (nSPS) is 12.9. The van der Waals surface area contributed by atoms with Gasteiger partial charge in [0.05, 0.1) is 23.5 Å². The third-order valence-corrected chi connectivity index (χ3v) is 5.94. The van der Waals surface area contributed by atoms with E-state index in [4.69, 9.17) is 0 Å². The van der Waals surface area contributed by atoms with Gasteiger partial charge in [0, 0.05) is 22.0 Å². The second-order valence-corrected chi connectivity index (χ2v) is 8.18. The largest absolute Gasteiger partial charge is 0.323 e. The first-order chi connectivity index (χ1) is 15.7. The SMILES string of the molecule is O=C1CC(c2cccc(NC(=O)c3ccc(-c4ccccc4)cc3)c2)=Nc2cscc2N1. The fraction of sp³-hybridized carbons (Fsp3) is 0.0385. The Bertz CT molecular complexity index is 1320. The molecule has 0 saturated carbocycles. The molecule has 2 heterocycles. The molecule has 0 fully saturated rings. The molecule has 4 aromatic rings. The Morgan fingerprint density at radius 1 is 0.875 bits per heavy atom. The Labute approximate surface area is 189 Å². The molecule has 6 heteroatoms. The molecule has 1 aliphatic heterocycles. The summed E-state index contributed by atoms with van der Waals surface area (Å²) < 4.78 is 0. The minimum absolute atomic E-state index is 0.103. The quantitative estimate of drug-likeness (QED) is 0.403. The average Bonchev–Trinajstić information content (AvgIpc) is 3.18. The lowest BCUT2D eigenvalue weighted by molar-refractivity contribution is -0.115. The molecule has 1 aliphatic rings. The van der Waals surface area contributed by atoms with Crippen LogP contribution in [0.15, 0.2) is 94.6 Å². The van der Waals surface area contributed by atoms with Crippen LogP contribution in [0.25, 0.3) is 11.1 Å². The van der Waals surface area contributed by atoms with Crippen LogP contribution < -0.4 is 10.6 Å². The van der Waals surface area contributed by atoms with E-state index in [1.54, 1.807) is 0 Å². The van der Waals surface area contributed by atoms with Crippen molar-refractivity contribution >= 4 is 45.9 Å². The van der Waals surface area contributed by atoms with Crippen LogP contribution in [0.5, 0.6) is 0 Å². The molecule has 0 unspecified atom stereocenters. The first-order valence-electron chi connectivity index (χ1n) is 10.2. The fourth-order valence-corrected chi connectivity index (χ4v) is 4.29. The number of nitrogens with one attached hydrogen (secondary N) is 2. The summed E-state index contributed by atoms with van der Waals surface area (Å²) in [5.41, 5.74) is 6.35. The minimum Gasteiger partial charge on any atom is -0.323 e. The maximum Gasteiger partial charge on any atom is 0.255 e. The average molecular weight is 438 g/mol. The molecule has 1 aromatic heterocycles. The smallest absolute Gasteiger partial charge is 0.255 e. The highest BCUT2D eigenvalue weighted by Gasteiger charge is 2.18. The highest BCUT2D eigenvalue weighted by molar-refractivity contribution is 7.09. The Balaban J connectivity index is 1.35. The van der Waals surface area contributed by atoms with E-state index in [2.05, 4.69) is 15.6 Å². The number of amides is 2. The number of hydrogen-bond acceptors (Lipinski definition) is 4. The van der Waals surface area contributed by atoms with Crippen molar-refractivity contribution in [1.82, 2.24) is 0 Å². The molecule has 156 valence electrons. The number of anilines is 2. The Morgan fingerprint density at radius 3 is 2.44 bits per heavy atom. The third kappa shape index (κ3) is 4.22. The van der Waals surface area contributed by atoms with Crippen LogP contribution in [0.2, 0.25) is 0 Å². The van der Waals surface area contributed by atoms with E-state index in [9.17, 15) is 9.59 Å². The highest BCUT2D eigenvalue weighted by Crippen LogP contribution is 2.33. The summed E-state index contributed by atoms with van der Waals surface area (Å²) in [6, 6.07) is 25.0. The van der Waals surface area contributed by atoms with Gasteiger partial charge in [-0.2, -0.15) is 0 Å². The van der Waals surface area contributed by atoms with Crippen LogP contribution in [0.1, 0.15) is 22.3 Å². The summed E-state index contributed by atoms with van der Waals surface area (Å²) in [6.07, 6.45) is 0.178. The number of fused-ring (bicyclic) bond motifs is 1. The predicted molar refractivity (Wildman–Crippen MR) is 130 cm³/mol. The molecule has 0 spiro atoms. The standard InChI is InChI=1S/C26H19N3O2S/c30-25-14-22(28-23-15-32-16-24(23)29-25)20-7-4-8-21(13-20)27-26(31)19-11-9-18(10-12-19)17-5-2-1-3-6-17/h1-13,15-16H,14H2,(H,27,31)(H,29,30). The fourth-order valence-electron chi connectivity index (χ4n) is 3.59. The zero-order chi connectivity index (χ0) is 21.9. The van der Waals surface area contributed by atoms with E-state index in [-0.39, 0.29) is 18.2 Å². The second kappa shape index (κ2) is 8.61. The predicted octanol–water partition coefficient (Wildman–Crippen LogP) is 6.13. The van der Waals surface area contributed by atoms with Gasteiger partial charge >= 0.3 is 0 Å². The van der Waals surface area contributed by atoms with E-state index in [0.717, 1.165) is 28.1 Å². The van der Waals surface area contributed by atoms with Gasteiger partial charge in [0.1, 0.15) is 0 Å². The van der Waals surface area contributed by atoms with Crippen LogP contribution in [0.3, 0.4) is 0 Å². The molecule has 0 bridgehead atoms. The number of carbonyl (C=O) groups excluding carboxylic acids is 2. The van der Waals surface area contributed by atoms with Gasteiger partial charge in [-0.05, 0) is 41.0 Å². The molecule has 32 heavy (non-hydrogen) atoms. The van der Waals surface area contributed by atoms with Crippen LogP contribution in [-0.4, -0.2) is 17.5 Å². The van der Waals surface area contributed by atoms with E-state index in [1.165, 1.54) is 11.3 Å². The first-order valence-corrected chi connectivity index (χ1v) is 11.1. The molecular formula is C26H19N3O2S. The topological polar surface area (TPSA) is 70.6 Å². The van der Waals surface area contributed by atoms with E-state index in [1.807, 2.05) is 89.6 Å². The zero-order valence-corrected chi connectivity index (χ0v) is 17.9. The number of carbonyl (C=O) groups is 2. The Hall–Kier alpha value is -4.03. The molecule has 3 aromatic carbocycles. The molecule has 5 nitrogen and oxygen atoms in total. The zero-order valence-electron chi connectivity index (χ0n) is 17.0. The minimum atomic E-state index is -0.192. The van der Waals surface area contributed by atoms with E-state index in [0.29, 0.717) is 17.0 Å². The van der Waals surface area contributed by atoms with Crippen molar-refractivity contribution in [2.75, 3.05) is 10.6 Å². The number of benzene rings is 3. The van der Waals surface area contributed by atoms with Crippen molar-refractivity contribution in [3.63, 3.8) is 0 Å².